The van der Waals surface area contributed by atoms with E-state index >= 15 is 0 Å². The second-order valence-electron chi connectivity index (χ2n) is 4.28. The number of carboxylic acids is 1. The average molecular weight is 252 g/mol. The van der Waals surface area contributed by atoms with E-state index in [1.807, 2.05) is 0 Å². The molecule has 1 saturated heterocycles. The zero-order valence-electron chi connectivity index (χ0n) is 9.91. The lowest BCUT2D eigenvalue weighted by Crippen LogP contribution is -2.23. The molecule has 1 aromatic carbocycles. The number of carbonyl (C=O) groups is 1. The molecule has 1 aliphatic heterocycles. The molecule has 5 heteroatoms. The predicted molar refractivity (Wildman–Crippen MR) is 63.4 cm³/mol. The zero-order valence-corrected chi connectivity index (χ0v) is 9.91. The lowest BCUT2D eigenvalue weighted by atomic mass is 10.2. The van der Waals surface area contributed by atoms with Gasteiger partial charge in [-0.25, -0.2) is 4.79 Å². The van der Waals surface area contributed by atoms with Crippen LogP contribution < -0.4 is 4.74 Å². The number of benzene rings is 1. The number of carboxylic acid groups (broad SMARTS) is 1. The molecule has 0 aliphatic carbocycles. The molecule has 0 bridgehead atoms. The normalized spacial score (nSPS) is 22.9. The first kappa shape index (κ1) is 12.9. The fourth-order valence-corrected chi connectivity index (χ4v) is 1.93. The van der Waals surface area contributed by atoms with Gasteiger partial charge in [-0.3, -0.25) is 0 Å². The van der Waals surface area contributed by atoms with Gasteiger partial charge in [0.15, 0.2) is 6.10 Å². The standard InChI is InChI=1S/C13H16O5/c14-7-9-2-1-3-10(6-9)17-8-11-4-5-12(18-11)13(15)16/h1-3,6,11-12,14H,4-5,7-8H2,(H,15,16). The van der Waals surface area contributed by atoms with Crippen LogP contribution in [-0.2, 0) is 16.1 Å². The van der Waals surface area contributed by atoms with E-state index in [9.17, 15) is 4.79 Å². The lowest BCUT2D eigenvalue weighted by Gasteiger charge is -2.13. The van der Waals surface area contributed by atoms with Crippen LogP contribution >= 0.6 is 0 Å². The Hall–Kier alpha value is -1.59. The molecule has 5 nitrogen and oxygen atoms in total. The summed E-state index contributed by atoms with van der Waals surface area (Å²) in [6, 6.07) is 7.16. The maximum atomic E-state index is 10.7. The van der Waals surface area contributed by atoms with Crippen molar-refractivity contribution in [1.29, 1.82) is 0 Å². The van der Waals surface area contributed by atoms with Crippen molar-refractivity contribution in [2.24, 2.45) is 0 Å². The molecule has 0 saturated carbocycles. The van der Waals surface area contributed by atoms with Crippen LogP contribution in [0.4, 0.5) is 0 Å². The van der Waals surface area contributed by atoms with Crippen LogP contribution in [0.25, 0.3) is 0 Å². The maximum absolute atomic E-state index is 10.7. The molecule has 1 aliphatic rings. The second-order valence-corrected chi connectivity index (χ2v) is 4.28. The van der Waals surface area contributed by atoms with Crippen LogP contribution in [0.1, 0.15) is 18.4 Å². The van der Waals surface area contributed by atoms with Gasteiger partial charge in [0.05, 0.1) is 12.7 Å². The third-order valence-corrected chi connectivity index (χ3v) is 2.90. The molecule has 1 heterocycles. The molecule has 2 atom stereocenters. The van der Waals surface area contributed by atoms with Crippen molar-refractivity contribution in [1.82, 2.24) is 0 Å². The van der Waals surface area contributed by atoms with Gasteiger partial charge in [-0.1, -0.05) is 12.1 Å². The fraction of sp³-hybridized carbons (Fsp3) is 0.462. The first-order valence-electron chi connectivity index (χ1n) is 5.90. The van der Waals surface area contributed by atoms with Gasteiger partial charge >= 0.3 is 5.97 Å². The molecule has 0 aromatic heterocycles. The summed E-state index contributed by atoms with van der Waals surface area (Å²) >= 11 is 0. The number of ether oxygens (including phenoxy) is 2. The van der Waals surface area contributed by atoms with E-state index in [1.54, 1.807) is 24.3 Å². The van der Waals surface area contributed by atoms with Crippen molar-refractivity contribution >= 4 is 5.97 Å². The summed E-state index contributed by atoms with van der Waals surface area (Å²) in [6.07, 6.45) is 0.336. The summed E-state index contributed by atoms with van der Waals surface area (Å²) in [6.45, 7) is 0.302. The number of aliphatic carboxylic acids is 1. The minimum atomic E-state index is -0.917. The lowest BCUT2D eigenvalue weighted by molar-refractivity contribution is -0.149. The number of hydrogen-bond acceptors (Lipinski definition) is 4. The van der Waals surface area contributed by atoms with E-state index in [2.05, 4.69) is 0 Å². The van der Waals surface area contributed by atoms with Gasteiger partial charge in [0, 0.05) is 0 Å². The number of aliphatic hydroxyl groups is 1. The smallest absolute Gasteiger partial charge is 0.332 e. The molecular weight excluding hydrogens is 236 g/mol. The largest absolute Gasteiger partial charge is 0.491 e. The molecule has 0 spiro atoms. The molecule has 98 valence electrons. The minimum absolute atomic E-state index is 0.0295. The number of hydrogen-bond donors (Lipinski definition) is 2. The summed E-state index contributed by atoms with van der Waals surface area (Å²) in [4.78, 5) is 10.7. The Morgan fingerprint density at radius 3 is 2.94 bits per heavy atom. The summed E-state index contributed by atoms with van der Waals surface area (Å²) in [5.74, 6) is -0.260. The van der Waals surface area contributed by atoms with E-state index in [-0.39, 0.29) is 12.7 Å². The van der Waals surface area contributed by atoms with Crippen molar-refractivity contribution in [2.75, 3.05) is 6.61 Å². The summed E-state index contributed by atoms with van der Waals surface area (Å²) < 4.78 is 10.9. The van der Waals surface area contributed by atoms with E-state index in [1.165, 1.54) is 0 Å². The molecular formula is C13H16O5. The van der Waals surface area contributed by atoms with Crippen LogP contribution in [0.3, 0.4) is 0 Å². The van der Waals surface area contributed by atoms with E-state index in [0.717, 1.165) is 5.56 Å². The van der Waals surface area contributed by atoms with E-state index < -0.39 is 12.1 Å². The van der Waals surface area contributed by atoms with Gasteiger partial charge in [-0.05, 0) is 30.5 Å². The molecule has 2 rings (SSSR count). The van der Waals surface area contributed by atoms with E-state index in [4.69, 9.17) is 19.7 Å². The third-order valence-electron chi connectivity index (χ3n) is 2.90. The molecule has 18 heavy (non-hydrogen) atoms. The van der Waals surface area contributed by atoms with Crippen LogP contribution in [0, 0.1) is 0 Å². The molecule has 1 fully saturated rings. The molecule has 1 aromatic rings. The predicted octanol–water partition coefficient (Wildman–Crippen LogP) is 1.19. The third kappa shape index (κ3) is 3.21. The Labute approximate surface area is 105 Å². The Morgan fingerprint density at radius 2 is 2.28 bits per heavy atom. The first-order valence-corrected chi connectivity index (χ1v) is 5.90. The average Bonchev–Trinajstić information content (AvgIpc) is 2.85. The van der Waals surface area contributed by atoms with Gasteiger partial charge in [0.2, 0.25) is 0 Å². The quantitative estimate of drug-likeness (QED) is 0.823. The highest BCUT2D eigenvalue weighted by Crippen LogP contribution is 2.21. The fourth-order valence-electron chi connectivity index (χ4n) is 1.93. The van der Waals surface area contributed by atoms with Crippen molar-refractivity contribution in [2.45, 2.75) is 31.7 Å². The zero-order chi connectivity index (χ0) is 13.0. The van der Waals surface area contributed by atoms with Crippen molar-refractivity contribution in [3.63, 3.8) is 0 Å². The highest BCUT2D eigenvalue weighted by Gasteiger charge is 2.30. The van der Waals surface area contributed by atoms with Gasteiger partial charge < -0.3 is 19.7 Å². The van der Waals surface area contributed by atoms with Crippen LogP contribution in [-0.4, -0.2) is 35.0 Å². The van der Waals surface area contributed by atoms with Crippen LogP contribution in [0.5, 0.6) is 5.75 Å². The molecule has 2 N–H and O–H groups in total. The molecule has 2 unspecified atom stereocenters. The maximum Gasteiger partial charge on any atom is 0.332 e. The Kier molecular flexibility index (Phi) is 4.17. The highest BCUT2D eigenvalue weighted by molar-refractivity contribution is 5.72. The summed E-state index contributed by atoms with van der Waals surface area (Å²) in [5.41, 5.74) is 0.781. The van der Waals surface area contributed by atoms with Crippen molar-refractivity contribution in [3.8, 4) is 5.75 Å². The van der Waals surface area contributed by atoms with Crippen molar-refractivity contribution < 1.29 is 24.5 Å². The number of aliphatic hydroxyl groups excluding tert-OH is 1. The van der Waals surface area contributed by atoms with Gasteiger partial charge in [0.1, 0.15) is 12.4 Å². The number of rotatable bonds is 5. The van der Waals surface area contributed by atoms with Gasteiger partial charge in [0.25, 0.3) is 0 Å². The second kappa shape index (κ2) is 5.84. The van der Waals surface area contributed by atoms with Crippen LogP contribution in [0.15, 0.2) is 24.3 Å². The molecule has 0 radical (unpaired) electrons. The molecule has 0 amide bonds. The highest BCUT2D eigenvalue weighted by atomic mass is 16.6. The Balaban J connectivity index is 1.83. The van der Waals surface area contributed by atoms with E-state index in [0.29, 0.717) is 25.2 Å². The first-order chi connectivity index (χ1) is 8.69. The Morgan fingerprint density at radius 1 is 1.44 bits per heavy atom. The van der Waals surface area contributed by atoms with Crippen molar-refractivity contribution in [3.05, 3.63) is 29.8 Å². The van der Waals surface area contributed by atoms with Gasteiger partial charge in [-0.15, -0.1) is 0 Å². The monoisotopic (exact) mass is 252 g/mol. The summed E-state index contributed by atoms with van der Waals surface area (Å²) in [5, 5.41) is 17.8. The topological polar surface area (TPSA) is 76.0 Å². The van der Waals surface area contributed by atoms with Gasteiger partial charge in [-0.2, -0.15) is 0 Å². The summed E-state index contributed by atoms with van der Waals surface area (Å²) in [7, 11) is 0. The Bertz CT molecular complexity index is 418. The van der Waals surface area contributed by atoms with Crippen LogP contribution in [0.2, 0.25) is 0 Å². The SMILES string of the molecule is O=C(O)C1CCC(COc2cccc(CO)c2)O1. The minimum Gasteiger partial charge on any atom is -0.491 e.